The van der Waals surface area contributed by atoms with Crippen LogP contribution in [0.2, 0.25) is 0 Å². The molecule has 32 heavy (non-hydrogen) atoms. The molecular weight excluding hydrogens is 405 g/mol. The van der Waals surface area contributed by atoms with Crippen molar-refractivity contribution >= 4 is 23.3 Å². The summed E-state index contributed by atoms with van der Waals surface area (Å²) in [5, 5.41) is 9.41. The Bertz CT molecular complexity index is 1260. The monoisotopic (exact) mass is 431 g/mol. The van der Waals surface area contributed by atoms with Gasteiger partial charge in [-0.2, -0.15) is 0 Å². The van der Waals surface area contributed by atoms with Crippen molar-refractivity contribution in [1.29, 1.82) is 0 Å². The number of aromatic carboxylic acids is 1. The first kappa shape index (κ1) is 21.8. The zero-order valence-electron chi connectivity index (χ0n) is 18.9. The normalized spacial score (nSPS) is 18.1. The first-order valence-corrected chi connectivity index (χ1v) is 10.5. The number of amides is 1. The second-order valence-corrected chi connectivity index (χ2v) is 9.59. The number of aryl methyl sites for hydroxylation is 1. The summed E-state index contributed by atoms with van der Waals surface area (Å²) in [6.45, 7) is 9.60. The highest BCUT2D eigenvalue weighted by atomic mass is 19.1. The summed E-state index contributed by atoms with van der Waals surface area (Å²) in [4.78, 5) is 27.0. The molecule has 0 saturated heterocycles. The molecule has 4 rings (SSSR count). The molecule has 1 aliphatic heterocycles. The third-order valence-corrected chi connectivity index (χ3v) is 6.27. The molecule has 1 aliphatic rings. The van der Waals surface area contributed by atoms with E-state index in [2.05, 4.69) is 0 Å². The lowest BCUT2D eigenvalue weighted by Crippen LogP contribution is -2.37. The standard InChI is InChI=1S/C27H26FNO3/c1-16-9-12-23-21(13-16)27(5,18-10-11-20(22(28)15-18)26(2,3)4)25(32)29(23)19-8-6-7-17(14-19)24(30)31/h6-15H,1-5H3,(H,30,31). The lowest BCUT2D eigenvalue weighted by atomic mass is 9.75. The molecule has 1 amide bonds. The number of carboxylic acid groups (broad SMARTS) is 1. The largest absolute Gasteiger partial charge is 0.478 e. The Morgan fingerprint density at radius 2 is 1.75 bits per heavy atom. The molecule has 0 spiro atoms. The number of carbonyl (C=O) groups excluding carboxylic acids is 1. The van der Waals surface area contributed by atoms with Crippen LogP contribution < -0.4 is 4.90 Å². The van der Waals surface area contributed by atoms with E-state index >= 15 is 4.39 Å². The van der Waals surface area contributed by atoms with Crippen LogP contribution in [0.25, 0.3) is 0 Å². The van der Waals surface area contributed by atoms with E-state index in [-0.39, 0.29) is 22.7 Å². The van der Waals surface area contributed by atoms with E-state index in [1.807, 2.05) is 52.0 Å². The predicted octanol–water partition coefficient (Wildman–Crippen LogP) is 6.11. The van der Waals surface area contributed by atoms with Crippen LogP contribution in [0.15, 0.2) is 60.7 Å². The van der Waals surface area contributed by atoms with E-state index in [0.717, 1.165) is 11.1 Å². The molecule has 1 atom stereocenters. The van der Waals surface area contributed by atoms with Crippen molar-refractivity contribution in [3.8, 4) is 0 Å². The van der Waals surface area contributed by atoms with Crippen LogP contribution in [-0.4, -0.2) is 17.0 Å². The van der Waals surface area contributed by atoms with E-state index < -0.39 is 11.4 Å². The maximum Gasteiger partial charge on any atom is 0.335 e. The number of fused-ring (bicyclic) bond motifs is 1. The van der Waals surface area contributed by atoms with Gasteiger partial charge in [-0.15, -0.1) is 0 Å². The highest BCUT2D eigenvalue weighted by Crippen LogP contribution is 2.49. The van der Waals surface area contributed by atoms with E-state index in [0.29, 0.717) is 22.5 Å². The second kappa shape index (κ2) is 7.30. The molecule has 1 heterocycles. The fourth-order valence-electron chi connectivity index (χ4n) is 4.44. The Kier molecular flexibility index (Phi) is 4.96. The Hall–Kier alpha value is -3.47. The highest BCUT2D eigenvalue weighted by molar-refractivity contribution is 6.15. The number of anilines is 2. The SMILES string of the molecule is Cc1ccc2c(c1)C(C)(c1ccc(C(C)(C)C)c(F)c1)C(=O)N2c1cccc(C(=O)O)c1. The number of carboxylic acids is 1. The van der Waals surface area contributed by atoms with Gasteiger partial charge in [-0.3, -0.25) is 9.69 Å². The van der Waals surface area contributed by atoms with Crippen LogP contribution in [0, 0.1) is 12.7 Å². The van der Waals surface area contributed by atoms with E-state index in [4.69, 9.17) is 0 Å². The van der Waals surface area contributed by atoms with Crippen LogP contribution in [0.5, 0.6) is 0 Å². The van der Waals surface area contributed by atoms with Crippen molar-refractivity contribution in [2.45, 2.75) is 45.4 Å². The molecule has 0 fully saturated rings. The van der Waals surface area contributed by atoms with Crippen LogP contribution in [0.4, 0.5) is 15.8 Å². The average molecular weight is 432 g/mol. The van der Waals surface area contributed by atoms with Gasteiger partial charge in [0.25, 0.3) is 0 Å². The summed E-state index contributed by atoms with van der Waals surface area (Å²) >= 11 is 0. The third-order valence-electron chi connectivity index (χ3n) is 6.27. The van der Waals surface area contributed by atoms with Crippen molar-refractivity contribution in [1.82, 2.24) is 0 Å². The van der Waals surface area contributed by atoms with Crippen molar-refractivity contribution in [2.75, 3.05) is 4.90 Å². The summed E-state index contributed by atoms with van der Waals surface area (Å²) < 4.78 is 15.1. The molecule has 1 N–H and O–H groups in total. The molecule has 4 nitrogen and oxygen atoms in total. The van der Waals surface area contributed by atoms with Crippen molar-refractivity contribution < 1.29 is 19.1 Å². The molecule has 5 heteroatoms. The van der Waals surface area contributed by atoms with Crippen molar-refractivity contribution in [2.24, 2.45) is 0 Å². The zero-order chi connectivity index (χ0) is 23.4. The minimum Gasteiger partial charge on any atom is -0.478 e. The summed E-state index contributed by atoms with van der Waals surface area (Å²) in [5.41, 5.74) is 2.67. The molecule has 0 radical (unpaired) electrons. The predicted molar refractivity (Wildman–Crippen MR) is 123 cm³/mol. The van der Waals surface area contributed by atoms with Gasteiger partial charge in [0.2, 0.25) is 5.91 Å². The zero-order valence-corrected chi connectivity index (χ0v) is 18.9. The summed E-state index contributed by atoms with van der Waals surface area (Å²) in [5.74, 6) is -1.65. The summed E-state index contributed by atoms with van der Waals surface area (Å²) in [6, 6.07) is 17.1. The fraction of sp³-hybridized carbons (Fsp3) is 0.259. The van der Waals surface area contributed by atoms with Gasteiger partial charge < -0.3 is 5.11 Å². The van der Waals surface area contributed by atoms with Gasteiger partial charge >= 0.3 is 5.97 Å². The number of rotatable bonds is 3. The molecule has 0 aromatic heterocycles. The highest BCUT2D eigenvalue weighted by Gasteiger charge is 2.49. The Labute approximate surface area is 187 Å². The van der Waals surface area contributed by atoms with Gasteiger partial charge in [0.1, 0.15) is 5.82 Å². The summed E-state index contributed by atoms with van der Waals surface area (Å²) in [6.07, 6.45) is 0. The average Bonchev–Trinajstić information content (AvgIpc) is 2.95. The van der Waals surface area contributed by atoms with Crippen molar-refractivity contribution in [3.63, 3.8) is 0 Å². The van der Waals surface area contributed by atoms with E-state index in [9.17, 15) is 14.7 Å². The molecule has 0 bridgehead atoms. The smallest absolute Gasteiger partial charge is 0.335 e. The maximum atomic E-state index is 15.1. The Morgan fingerprint density at radius 1 is 1.03 bits per heavy atom. The van der Waals surface area contributed by atoms with Gasteiger partial charge in [-0.1, -0.05) is 56.7 Å². The molecule has 3 aromatic carbocycles. The molecular formula is C27H26FNO3. The minimum absolute atomic E-state index is 0.0955. The van der Waals surface area contributed by atoms with E-state index in [1.54, 1.807) is 25.1 Å². The van der Waals surface area contributed by atoms with Gasteiger partial charge in [0.15, 0.2) is 0 Å². The van der Waals surface area contributed by atoms with Gasteiger partial charge in [-0.05, 0) is 66.3 Å². The number of hydrogen-bond acceptors (Lipinski definition) is 2. The van der Waals surface area contributed by atoms with Gasteiger partial charge in [-0.25, -0.2) is 9.18 Å². The molecule has 0 aliphatic carbocycles. The fourth-order valence-corrected chi connectivity index (χ4v) is 4.44. The first-order valence-electron chi connectivity index (χ1n) is 10.5. The van der Waals surface area contributed by atoms with Crippen molar-refractivity contribution in [3.05, 3.63) is 94.3 Å². The van der Waals surface area contributed by atoms with Crippen LogP contribution in [-0.2, 0) is 15.6 Å². The van der Waals surface area contributed by atoms with Gasteiger partial charge in [0, 0.05) is 5.69 Å². The Morgan fingerprint density at radius 3 is 2.38 bits per heavy atom. The Balaban J connectivity index is 1.92. The lowest BCUT2D eigenvalue weighted by Gasteiger charge is -2.27. The van der Waals surface area contributed by atoms with E-state index in [1.165, 1.54) is 23.1 Å². The molecule has 3 aromatic rings. The van der Waals surface area contributed by atoms with Crippen LogP contribution in [0.3, 0.4) is 0 Å². The number of halogens is 1. The number of nitrogens with zero attached hydrogens (tertiary/aromatic N) is 1. The van der Waals surface area contributed by atoms with Gasteiger partial charge in [0.05, 0.1) is 16.7 Å². The molecule has 1 unspecified atom stereocenters. The minimum atomic E-state index is -1.11. The third kappa shape index (κ3) is 3.29. The first-order chi connectivity index (χ1) is 14.9. The lowest BCUT2D eigenvalue weighted by molar-refractivity contribution is -0.120. The quantitative estimate of drug-likeness (QED) is 0.544. The topological polar surface area (TPSA) is 57.6 Å². The maximum absolute atomic E-state index is 15.1. The van der Waals surface area contributed by atoms with Crippen LogP contribution in [0.1, 0.15) is 60.3 Å². The molecule has 164 valence electrons. The molecule has 0 saturated carbocycles. The summed E-state index contributed by atoms with van der Waals surface area (Å²) in [7, 11) is 0. The van der Waals surface area contributed by atoms with Crippen LogP contribution >= 0.6 is 0 Å². The second-order valence-electron chi connectivity index (χ2n) is 9.59. The number of hydrogen-bond donors (Lipinski definition) is 1. The number of benzene rings is 3. The number of carbonyl (C=O) groups is 2.